The predicted molar refractivity (Wildman–Crippen MR) is 84.7 cm³/mol. The molecule has 2 rings (SSSR count). The number of hydrogen-bond acceptors (Lipinski definition) is 2. The Balaban J connectivity index is 2.61. The normalized spacial score (nSPS) is 15.4. The van der Waals surface area contributed by atoms with Crippen LogP contribution in [0.2, 0.25) is 0 Å². The van der Waals surface area contributed by atoms with Crippen LogP contribution in [-0.2, 0) is 9.84 Å². The zero-order valence-electron chi connectivity index (χ0n) is 11.2. The van der Waals surface area contributed by atoms with Crippen molar-refractivity contribution in [1.82, 2.24) is 0 Å². The van der Waals surface area contributed by atoms with Crippen LogP contribution in [0, 0.1) is 6.92 Å². The molecule has 2 nitrogen and oxygen atoms in total. The molecule has 0 aliphatic rings. The molecule has 0 fully saturated rings. The summed E-state index contributed by atoms with van der Waals surface area (Å²) in [5.41, 5.74) is 2.23. The minimum atomic E-state index is -3.08. The Kier molecular flexibility index (Phi) is 4.02. The van der Waals surface area contributed by atoms with Crippen LogP contribution in [0.1, 0.15) is 22.9 Å². The second-order valence-electron chi connectivity index (χ2n) is 4.95. The maximum Gasteiger partial charge on any atom is 0.151 e. The highest BCUT2D eigenvalue weighted by atomic mass is 79.9. The van der Waals surface area contributed by atoms with Crippen molar-refractivity contribution in [3.05, 3.63) is 47.5 Å². The van der Waals surface area contributed by atoms with Crippen molar-refractivity contribution in [2.45, 2.75) is 23.9 Å². The molecule has 19 heavy (non-hydrogen) atoms. The molecule has 0 N–H and O–H groups in total. The Morgan fingerprint density at radius 1 is 1.05 bits per heavy atom. The van der Waals surface area contributed by atoms with Crippen LogP contribution in [-0.4, -0.2) is 19.9 Å². The third kappa shape index (κ3) is 2.84. The largest absolute Gasteiger partial charge is 0.229 e. The second-order valence-corrected chi connectivity index (χ2v) is 8.34. The number of hydrogen-bond donors (Lipinski definition) is 0. The highest BCUT2D eigenvalue weighted by Gasteiger charge is 2.26. The molecule has 4 heteroatoms. The average molecular weight is 341 g/mol. The van der Waals surface area contributed by atoms with E-state index < -0.39 is 15.1 Å². The quantitative estimate of drug-likeness (QED) is 0.791. The number of fused-ring (bicyclic) bond motifs is 1. The van der Waals surface area contributed by atoms with Crippen molar-refractivity contribution < 1.29 is 8.42 Å². The fourth-order valence-electron chi connectivity index (χ4n) is 2.18. The van der Waals surface area contributed by atoms with Gasteiger partial charge in [0.25, 0.3) is 0 Å². The molecule has 0 spiro atoms. The van der Waals surface area contributed by atoms with E-state index in [0.717, 1.165) is 10.9 Å². The molecule has 0 aliphatic heterocycles. The van der Waals surface area contributed by atoms with Gasteiger partial charge >= 0.3 is 0 Å². The Morgan fingerprint density at radius 2 is 1.63 bits per heavy atom. The lowest BCUT2D eigenvalue weighted by Gasteiger charge is -2.19. The molecule has 0 amide bonds. The molecule has 0 heterocycles. The van der Waals surface area contributed by atoms with Gasteiger partial charge in [0.2, 0.25) is 0 Å². The van der Waals surface area contributed by atoms with E-state index in [0.29, 0.717) is 0 Å². The van der Waals surface area contributed by atoms with E-state index in [1.54, 1.807) is 6.92 Å². The molecule has 2 atom stereocenters. The van der Waals surface area contributed by atoms with E-state index in [-0.39, 0.29) is 4.83 Å². The third-order valence-corrected chi connectivity index (χ3v) is 6.82. The summed E-state index contributed by atoms with van der Waals surface area (Å²) >= 11 is 3.55. The van der Waals surface area contributed by atoms with E-state index >= 15 is 0 Å². The Bertz CT molecular complexity index is 707. The van der Waals surface area contributed by atoms with Crippen molar-refractivity contribution in [3.63, 3.8) is 0 Å². The van der Waals surface area contributed by atoms with Gasteiger partial charge in [-0.3, -0.25) is 0 Å². The standard InChI is InChI=1S/C15H17BrO2S/c1-10-8-9-14(13-7-5-4-6-12(10)13)15(16)11(2)19(3,17)18/h4-9,11,15H,1-3H3. The maximum atomic E-state index is 11.7. The van der Waals surface area contributed by atoms with Crippen LogP contribution >= 0.6 is 15.9 Å². The van der Waals surface area contributed by atoms with E-state index in [4.69, 9.17) is 0 Å². The summed E-state index contributed by atoms with van der Waals surface area (Å²) in [5, 5.41) is 1.82. The molecule has 0 aromatic heterocycles. The Labute approximate surface area is 122 Å². The summed E-state index contributed by atoms with van der Waals surface area (Å²) in [6.07, 6.45) is 1.28. The molecule has 2 unspecified atom stereocenters. The lowest BCUT2D eigenvalue weighted by molar-refractivity contribution is 0.588. The minimum absolute atomic E-state index is 0.201. The summed E-state index contributed by atoms with van der Waals surface area (Å²) in [4.78, 5) is -0.201. The van der Waals surface area contributed by atoms with Crippen molar-refractivity contribution in [3.8, 4) is 0 Å². The number of rotatable bonds is 3. The molecule has 102 valence electrons. The van der Waals surface area contributed by atoms with Gasteiger partial charge in [0.1, 0.15) is 0 Å². The van der Waals surface area contributed by atoms with Crippen molar-refractivity contribution >= 4 is 36.5 Å². The van der Waals surface area contributed by atoms with Gasteiger partial charge in [0.05, 0.1) is 10.1 Å². The van der Waals surface area contributed by atoms with E-state index in [1.807, 2.05) is 30.3 Å². The summed E-state index contributed by atoms with van der Waals surface area (Å²) < 4.78 is 23.4. The number of sulfone groups is 1. The molecule has 0 radical (unpaired) electrons. The smallest absolute Gasteiger partial charge is 0.151 e. The molecular weight excluding hydrogens is 324 g/mol. The van der Waals surface area contributed by atoms with Gasteiger partial charge < -0.3 is 0 Å². The van der Waals surface area contributed by atoms with Gasteiger partial charge in [0, 0.05) is 6.26 Å². The molecule has 0 saturated carbocycles. The third-order valence-electron chi connectivity index (χ3n) is 3.56. The van der Waals surface area contributed by atoms with Gasteiger partial charge in [-0.25, -0.2) is 8.42 Å². The topological polar surface area (TPSA) is 34.1 Å². The summed E-state index contributed by atoms with van der Waals surface area (Å²) in [6.45, 7) is 3.80. The summed E-state index contributed by atoms with van der Waals surface area (Å²) in [5.74, 6) is 0. The van der Waals surface area contributed by atoms with Crippen LogP contribution in [0.3, 0.4) is 0 Å². The van der Waals surface area contributed by atoms with Gasteiger partial charge in [-0.15, -0.1) is 0 Å². The SMILES string of the molecule is Cc1ccc(C(Br)C(C)S(C)(=O)=O)c2ccccc12. The van der Waals surface area contributed by atoms with Crippen LogP contribution < -0.4 is 0 Å². The Morgan fingerprint density at radius 3 is 2.21 bits per heavy atom. The molecule has 0 saturated heterocycles. The van der Waals surface area contributed by atoms with Crippen LogP contribution in [0.25, 0.3) is 10.8 Å². The van der Waals surface area contributed by atoms with Crippen molar-refractivity contribution in [1.29, 1.82) is 0 Å². The van der Waals surface area contributed by atoms with Gasteiger partial charge in [-0.05, 0) is 35.7 Å². The number of halogens is 1. The summed E-state index contributed by atoms with van der Waals surface area (Å²) in [7, 11) is -3.08. The first-order valence-electron chi connectivity index (χ1n) is 6.13. The second kappa shape index (κ2) is 5.25. The fourth-order valence-corrected chi connectivity index (χ4v) is 4.34. The lowest BCUT2D eigenvalue weighted by atomic mass is 9.97. The number of aryl methyl sites for hydroxylation is 1. The highest BCUT2D eigenvalue weighted by molar-refractivity contribution is 9.09. The molecule has 2 aromatic rings. The van der Waals surface area contributed by atoms with Gasteiger partial charge in [-0.1, -0.05) is 52.3 Å². The van der Waals surface area contributed by atoms with E-state index in [9.17, 15) is 8.42 Å². The van der Waals surface area contributed by atoms with Gasteiger partial charge in [0.15, 0.2) is 9.84 Å². The number of alkyl halides is 1. The predicted octanol–water partition coefficient (Wildman–Crippen LogP) is 4.02. The van der Waals surface area contributed by atoms with Crippen LogP contribution in [0.5, 0.6) is 0 Å². The first-order valence-corrected chi connectivity index (χ1v) is 9.00. The van der Waals surface area contributed by atoms with E-state index in [2.05, 4.69) is 28.9 Å². The zero-order valence-corrected chi connectivity index (χ0v) is 13.6. The molecule has 0 bridgehead atoms. The van der Waals surface area contributed by atoms with E-state index in [1.165, 1.54) is 17.2 Å². The fraction of sp³-hybridized carbons (Fsp3) is 0.333. The Hall–Kier alpha value is -0.870. The molecular formula is C15H17BrO2S. The maximum absolute atomic E-state index is 11.7. The minimum Gasteiger partial charge on any atom is -0.229 e. The first-order chi connectivity index (χ1) is 8.82. The van der Waals surface area contributed by atoms with Crippen LogP contribution in [0.15, 0.2) is 36.4 Å². The first kappa shape index (κ1) is 14.5. The lowest BCUT2D eigenvalue weighted by Crippen LogP contribution is -2.21. The summed E-state index contributed by atoms with van der Waals surface area (Å²) in [6, 6.07) is 12.2. The van der Waals surface area contributed by atoms with Crippen LogP contribution in [0.4, 0.5) is 0 Å². The highest BCUT2D eigenvalue weighted by Crippen LogP contribution is 2.35. The zero-order chi connectivity index (χ0) is 14.2. The van der Waals surface area contributed by atoms with Gasteiger partial charge in [-0.2, -0.15) is 0 Å². The van der Waals surface area contributed by atoms with Crippen molar-refractivity contribution in [2.24, 2.45) is 0 Å². The molecule has 0 aliphatic carbocycles. The number of benzene rings is 2. The van der Waals surface area contributed by atoms with Crippen molar-refractivity contribution in [2.75, 3.05) is 6.26 Å². The molecule has 2 aromatic carbocycles. The average Bonchev–Trinajstić information content (AvgIpc) is 2.37. The monoisotopic (exact) mass is 340 g/mol.